The summed E-state index contributed by atoms with van der Waals surface area (Å²) >= 11 is 1.57. The number of nitrogens with zero attached hydrogens (tertiary/aromatic N) is 6. The van der Waals surface area contributed by atoms with Crippen LogP contribution < -0.4 is 4.90 Å². The van der Waals surface area contributed by atoms with Gasteiger partial charge in [-0.05, 0) is 18.4 Å². The summed E-state index contributed by atoms with van der Waals surface area (Å²) in [7, 11) is 0. The molecular weight excluding hydrogens is 368 g/mol. The molecule has 140 valence electrons. The number of thiophene rings is 1. The van der Waals surface area contributed by atoms with Gasteiger partial charge < -0.3 is 19.1 Å². The van der Waals surface area contributed by atoms with E-state index in [0.717, 1.165) is 5.56 Å². The van der Waals surface area contributed by atoms with Gasteiger partial charge in [-0.2, -0.15) is 16.3 Å². The van der Waals surface area contributed by atoms with Crippen molar-refractivity contribution in [3.05, 3.63) is 29.4 Å². The highest BCUT2D eigenvalue weighted by atomic mass is 32.1. The van der Waals surface area contributed by atoms with Gasteiger partial charge in [-0.25, -0.2) is 14.8 Å². The minimum Gasteiger partial charge on any atom is -0.450 e. The predicted molar refractivity (Wildman–Crippen MR) is 99.4 cm³/mol. The van der Waals surface area contributed by atoms with Gasteiger partial charge in [0.1, 0.15) is 17.7 Å². The predicted octanol–water partition coefficient (Wildman–Crippen LogP) is 2.53. The molecule has 27 heavy (non-hydrogen) atoms. The molecule has 3 aromatic rings. The largest absolute Gasteiger partial charge is 0.450 e. The topological polar surface area (TPSA) is 97.5 Å². The van der Waals surface area contributed by atoms with Gasteiger partial charge in [0.2, 0.25) is 5.82 Å². The minimum absolute atomic E-state index is 0.280. The molecule has 0 spiro atoms. The van der Waals surface area contributed by atoms with Crippen LogP contribution in [0.4, 0.5) is 10.6 Å². The van der Waals surface area contributed by atoms with Crippen LogP contribution in [0.5, 0.6) is 0 Å². The quantitative estimate of drug-likeness (QED) is 0.675. The van der Waals surface area contributed by atoms with E-state index in [0.29, 0.717) is 55.9 Å². The van der Waals surface area contributed by atoms with Gasteiger partial charge in [0.05, 0.1) is 6.61 Å². The first-order chi connectivity index (χ1) is 13.3. The number of carbonyl (C=O) groups excluding carboxylic acids is 1. The fourth-order valence-electron chi connectivity index (χ4n) is 2.88. The Bertz CT molecular complexity index is 905. The Balaban J connectivity index is 1.53. The second-order valence-electron chi connectivity index (χ2n) is 5.87. The van der Waals surface area contributed by atoms with Crippen molar-refractivity contribution >= 4 is 23.2 Å². The van der Waals surface area contributed by atoms with E-state index < -0.39 is 0 Å². The average Bonchev–Trinajstić information content (AvgIpc) is 3.40. The Morgan fingerprint density at radius 1 is 1.33 bits per heavy atom. The fourth-order valence-corrected chi connectivity index (χ4v) is 3.52. The van der Waals surface area contributed by atoms with Crippen molar-refractivity contribution < 1.29 is 14.1 Å². The number of anilines is 1. The van der Waals surface area contributed by atoms with Crippen molar-refractivity contribution in [2.45, 2.75) is 6.92 Å². The molecule has 1 aliphatic rings. The first kappa shape index (κ1) is 17.4. The molecule has 1 saturated heterocycles. The van der Waals surface area contributed by atoms with E-state index in [4.69, 9.17) is 9.26 Å². The molecule has 0 unspecified atom stereocenters. The smallest absolute Gasteiger partial charge is 0.409 e. The van der Waals surface area contributed by atoms with Crippen LogP contribution in [0.3, 0.4) is 0 Å². The van der Waals surface area contributed by atoms with Crippen LogP contribution in [0, 0.1) is 0 Å². The Morgan fingerprint density at radius 3 is 2.93 bits per heavy atom. The molecule has 3 aromatic heterocycles. The van der Waals surface area contributed by atoms with E-state index in [-0.39, 0.29) is 6.09 Å². The lowest BCUT2D eigenvalue weighted by Crippen LogP contribution is -2.49. The Hall–Kier alpha value is -3.01. The lowest BCUT2D eigenvalue weighted by Gasteiger charge is -2.35. The highest BCUT2D eigenvalue weighted by Gasteiger charge is 2.26. The molecule has 1 aliphatic heterocycles. The number of hydrogen-bond donors (Lipinski definition) is 0. The molecule has 0 radical (unpaired) electrons. The van der Waals surface area contributed by atoms with Crippen molar-refractivity contribution in [2.24, 2.45) is 0 Å². The fraction of sp³-hybridized carbons (Fsp3) is 0.353. The van der Waals surface area contributed by atoms with Crippen LogP contribution in [0.15, 0.2) is 33.9 Å². The molecule has 4 rings (SSSR count). The molecule has 0 bridgehead atoms. The molecular formula is C17H18N6O3S. The molecule has 0 N–H and O–H groups in total. The van der Waals surface area contributed by atoms with Crippen LogP contribution in [0.2, 0.25) is 0 Å². The van der Waals surface area contributed by atoms with Crippen LogP contribution >= 0.6 is 11.3 Å². The number of carbonyl (C=O) groups is 1. The second kappa shape index (κ2) is 7.70. The zero-order valence-electron chi connectivity index (χ0n) is 14.7. The first-order valence-corrected chi connectivity index (χ1v) is 9.54. The summed E-state index contributed by atoms with van der Waals surface area (Å²) in [4.78, 5) is 28.7. The molecule has 0 saturated carbocycles. The van der Waals surface area contributed by atoms with Gasteiger partial charge in [-0.1, -0.05) is 5.16 Å². The van der Waals surface area contributed by atoms with Crippen molar-refractivity contribution in [1.29, 1.82) is 0 Å². The minimum atomic E-state index is -0.280. The van der Waals surface area contributed by atoms with Crippen molar-refractivity contribution in [3.8, 4) is 22.8 Å². The third-order valence-electron chi connectivity index (χ3n) is 4.23. The van der Waals surface area contributed by atoms with Gasteiger partial charge in [0.25, 0.3) is 5.89 Å². The van der Waals surface area contributed by atoms with Gasteiger partial charge in [-0.3, -0.25) is 0 Å². The van der Waals surface area contributed by atoms with Crippen molar-refractivity contribution in [3.63, 3.8) is 0 Å². The summed E-state index contributed by atoms with van der Waals surface area (Å²) in [6.07, 6.45) is 2.88. The van der Waals surface area contributed by atoms with E-state index in [1.165, 1.54) is 6.33 Å². The monoisotopic (exact) mass is 386 g/mol. The normalized spacial score (nSPS) is 14.4. The van der Waals surface area contributed by atoms with Gasteiger partial charge in [0, 0.05) is 43.3 Å². The maximum absolute atomic E-state index is 11.9. The molecule has 1 fully saturated rings. The molecule has 0 aliphatic carbocycles. The molecule has 1 amide bonds. The average molecular weight is 386 g/mol. The Morgan fingerprint density at radius 2 is 2.19 bits per heavy atom. The molecule has 0 atom stereocenters. The number of aromatic nitrogens is 4. The third kappa shape index (κ3) is 3.61. The zero-order valence-corrected chi connectivity index (χ0v) is 15.6. The van der Waals surface area contributed by atoms with E-state index in [9.17, 15) is 4.79 Å². The molecule has 0 aromatic carbocycles. The van der Waals surface area contributed by atoms with Gasteiger partial charge in [0.15, 0.2) is 0 Å². The molecule has 9 nitrogen and oxygen atoms in total. The van der Waals surface area contributed by atoms with E-state index >= 15 is 0 Å². The second-order valence-corrected chi connectivity index (χ2v) is 6.65. The van der Waals surface area contributed by atoms with Crippen LogP contribution in [-0.2, 0) is 4.74 Å². The Labute approximate surface area is 159 Å². The summed E-state index contributed by atoms with van der Waals surface area (Å²) in [5.41, 5.74) is 1.59. The SMILES string of the molecule is CCOC(=O)N1CCN(c2ncncc2-c2nc(-c3ccsc3)no2)CC1. The van der Waals surface area contributed by atoms with Crippen molar-refractivity contribution in [2.75, 3.05) is 37.7 Å². The number of ether oxygens (including phenoxy) is 1. The van der Waals surface area contributed by atoms with Crippen LogP contribution in [0.25, 0.3) is 22.8 Å². The maximum atomic E-state index is 11.9. The zero-order chi connectivity index (χ0) is 18.6. The molecule has 4 heterocycles. The van der Waals surface area contributed by atoms with E-state index in [2.05, 4.69) is 25.0 Å². The van der Waals surface area contributed by atoms with Crippen LogP contribution in [0.1, 0.15) is 6.92 Å². The maximum Gasteiger partial charge on any atom is 0.409 e. The number of rotatable bonds is 4. The standard InChI is InChI=1S/C17H18N6O3S/c1-2-25-17(24)23-6-4-22(5-7-23)15-13(9-18-11-19-15)16-20-14(21-26-16)12-3-8-27-10-12/h3,8-11H,2,4-7H2,1H3. The summed E-state index contributed by atoms with van der Waals surface area (Å²) in [6, 6.07) is 1.94. The van der Waals surface area contributed by atoms with E-state index in [1.54, 1.807) is 29.4 Å². The Kier molecular flexibility index (Phi) is 4.97. The lowest BCUT2D eigenvalue weighted by atomic mass is 10.2. The number of piperazine rings is 1. The highest BCUT2D eigenvalue weighted by molar-refractivity contribution is 7.08. The van der Waals surface area contributed by atoms with E-state index in [1.807, 2.05) is 16.8 Å². The first-order valence-electron chi connectivity index (χ1n) is 8.59. The molecule has 10 heteroatoms. The summed E-state index contributed by atoms with van der Waals surface area (Å²) in [5.74, 6) is 1.63. The summed E-state index contributed by atoms with van der Waals surface area (Å²) in [6.45, 7) is 4.57. The summed E-state index contributed by atoms with van der Waals surface area (Å²) in [5, 5.41) is 7.98. The third-order valence-corrected chi connectivity index (χ3v) is 4.92. The van der Waals surface area contributed by atoms with Crippen LogP contribution in [-0.4, -0.2) is 63.9 Å². The lowest BCUT2D eigenvalue weighted by molar-refractivity contribution is 0.105. The highest BCUT2D eigenvalue weighted by Crippen LogP contribution is 2.29. The number of hydrogen-bond acceptors (Lipinski definition) is 9. The van der Waals surface area contributed by atoms with Crippen molar-refractivity contribution in [1.82, 2.24) is 25.0 Å². The van der Waals surface area contributed by atoms with Gasteiger partial charge in [-0.15, -0.1) is 0 Å². The van der Waals surface area contributed by atoms with Gasteiger partial charge >= 0.3 is 6.09 Å². The summed E-state index contributed by atoms with van der Waals surface area (Å²) < 4.78 is 10.5. The number of amides is 1.